The number of aromatic nitrogens is 2. The van der Waals surface area contributed by atoms with Crippen LogP contribution in [0.25, 0.3) is 11.0 Å². The molecule has 6 nitrogen and oxygen atoms in total. The lowest BCUT2D eigenvalue weighted by atomic mass is 10.1. The van der Waals surface area contributed by atoms with E-state index in [1.54, 1.807) is 0 Å². The molecule has 4 rings (SSSR count). The highest BCUT2D eigenvalue weighted by Gasteiger charge is 2.24. The third-order valence-corrected chi connectivity index (χ3v) is 5.90. The maximum absolute atomic E-state index is 13.4. The summed E-state index contributed by atoms with van der Waals surface area (Å²) >= 11 is 1.37. The standard InChI is InChI=1S/C25H25N3O3S/c1-3-30-18-14-15-19-21(16-18)28-25(27-19)32-23(17-10-6-5-7-11-17)24(29)26-20-12-8-9-13-22(20)31-4-2/h5-16,23H,3-4H2,1-2H3,(H,26,29)(H,27,28)/t23-/m1/s1. The van der Waals surface area contributed by atoms with Crippen LogP contribution in [0.3, 0.4) is 0 Å². The zero-order valence-electron chi connectivity index (χ0n) is 18.0. The molecule has 0 unspecified atom stereocenters. The number of carbonyl (C=O) groups excluding carboxylic acids is 1. The molecule has 0 radical (unpaired) electrons. The van der Waals surface area contributed by atoms with Crippen molar-refractivity contribution in [2.24, 2.45) is 0 Å². The van der Waals surface area contributed by atoms with Crippen molar-refractivity contribution >= 4 is 34.4 Å². The number of anilines is 1. The number of hydrogen-bond donors (Lipinski definition) is 2. The third-order valence-electron chi connectivity index (χ3n) is 4.76. The lowest BCUT2D eigenvalue weighted by molar-refractivity contribution is -0.115. The van der Waals surface area contributed by atoms with Gasteiger partial charge < -0.3 is 19.8 Å². The quantitative estimate of drug-likeness (QED) is 0.316. The maximum atomic E-state index is 13.4. The fraction of sp³-hybridized carbons (Fsp3) is 0.200. The Balaban J connectivity index is 1.62. The minimum absolute atomic E-state index is 0.149. The van der Waals surface area contributed by atoms with E-state index in [1.165, 1.54) is 11.8 Å². The zero-order chi connectivity index (χ0) is 22.3. The van der Waals surface area contributed by atoms with Crippen molar-refractivity contribution in [3.05, 3.63) is 78.4 Å². The van der Waals surface area contributed by atoms with Crippen LogP contribution < -0.4 is 14.8 Å². The number of benzene rings is 3. The molecule has 1 atom stereocenters. The van der Waals surface area contributed by atoms with E-state index in [2.05, 4.69) is 15.3 Å². The molecular weight excluding hydrogens is 422 g/mol. The Hall–Kier alpha value is -3.45. The number of nitrogens with one attached hydrogen (secondary N) is 2. The Morgan fingerprint density at radius 2 is 1.75 bits per heavy atom. The minimum atomic E-state index is -0.502. The molecule has 1 heterocycles. The average Bonchev–Trinajstić information content (AvgIpc) is 3.21. The number of rotatable bonds is 9. The molecule has 0 saturated heterocycles. The van der Waals surface area contributed by atoms with Gasteiger partial charge in [-0.25, -0.2) is 4.98 Å². The highest BCUT2D eigenvalue weighted by molar-refractivity contribution is 8.00. The second kappa shape index (κ2) is 10.2. The van der Waals surface area contributed by atoms with Gasteiger partial charge in [-0.1, -0.05) is 54.2 Å². The lowest BCUT2D eigenvalue weighted by Crippen LogP contribution is -2.19. The molecule has 0 saturated carbocycles. The molecule has 1 amide bonds. The number of amides is 1. The molecule has 4 aromatic rings. The number of carbonyl (C=O) groups is 1. The van der Waals surface area contributed by atoms with Gasteiger partial charge in [-0.15, -0.1) is 0 Å². The topological polar surface area (TPSA) is 76.2 Å². The molecule has 2 N–H and O–H groups in total. The molecule has 0 bridgehead atoms. The summed E-state index contributed by atoms with van der Waals surface area (Å²) in [4.78, 5) is 21.4. The van der Waals surface area contributed by atoms with Crippen LogP contribution in [-0.4, -0.2) is 29.1 Å². The Bertz CT molecular complexity index is 1190. The summed E-state index contributed by atoms with van der Waals surface area (Å²) in [5, 5.41) is 3.19. The van der Waals surface area contributed by atoms with Crippen molar-refractivity contribution in [3.63, 3.8) is 0 Å². The van der Waals surface area contributed by atoms with Gasteiger partial charge in [0.05, 0.1) is 29.9 Å². The van der Waals surface area contributed by atoms with Gasteiger partial charge in [-0.3, -0.25) is 4.79 Å². The molecule has 7 heteroatoms. The molecule has 3 aromatic carbocycles. The van der Waals surface area contributed by atoms with Crippen LogP contribution in [0.2, 0.25) is 0 Å². The molecule has 0 spiro atoms. The largest absolute Gasteiger partial charge is 0.494 e. The fourth-order valence-electron chi connectivity index (χ4n) is 3.34. The first-order valence-corrected chi connectivity index (χ1v) is 11.4. The van der Waals surface area contributed by atoms with Gasteiger partial charge in [0.25, 0.3) is 0 Å². The highest BCUT2D eigenvalue weighted by Crippen LogP contribution is 2.37. The number of ether oxygens (including phenoxy) is 2. The lowest BCUT2D eigenvalue weighted by Gasteiger charge is -2.17. The summed E-state index contributed by atoms with van der Waals surface area (Å²) in [6, 6.07) is 22.9. The second-order valence-electron chi connectivity index (χ2n) is 6.98. The van der Waals surface area contributed by atoms with Gasteiger partial charge in [-0.05, 0) is 43.7 Å². The number of imidazole rings is 1. The summed E-state index contributed by atoms with van der Waals surface area (Å²) in [6.45, 7) is 4.98. The van der Waals surface area contributed by atoms with Gasteiger partial charge in [0.1, 0.15) is 16.7 Å². The van der Waals surface area contributed by atoms with Crippen molar-refractivity contribution in [1.82, 2.24) is 9.97 Å². The number of aromatic amines is 1. The molecular formula is C25H25N3O3S. The van der Waals surface area contributed by atoms with Gasteiger partial charge in [0.15, 0.2) is 5.16 Å². The Morgan fingerprint density at radius 3 is 2.53 bits per heavy atom. The monoisotopic (exact) mass is 447 g/mol. The molecule has 0 aliphatic carbocycles. The summed E-state index contributed by atoms with van der Waals surface area (Å²) in [5.41, 5.74) is 3.23. The number of H-pyrrole nitrogens is 1. The van der Waals surface area contributed by atoms with Gasteiger partial charge >= 0.3 is 0 Å². The van der Waals surface area contributed by atoms with Gasteiger partial charge in [0, 0.05) is 6.07 Å². The number of nitrogens with zero attached hydrogens (tertiary/aromatic N) is 1. The first-order chi connectivity index (χ1) is 15.7. The van der Waals surface area contributed by atoms with Crippen molar-refractivity contribution in [2.45, 2.75) is 24.3 Å². The summed E-state index contributed by atoms with van der Waals surface area (Å²) in [5.74, 6) is 1.28. The van der Waals surface area contributed by atoms with E-state index < -0.39 is 5.25 Å². The van der Waals surface area contributed by atoms with Crippen LogP contribution in [-0.2, 0) is 4.79 Å². The van der Waals surface area contributed by atoms with E-state index in [9.17, 15) is 4.79 Å². The van der Waals surface area contributed by atoms with Crippen LogP contribution >= 0.6 is 11.8 Å². The minimum Gasteiger partial charge on any atom is -0.494 e. The predicted molar refractivity (Wildman–Crippen MR) is 129 cm³/mol. The number of hydrogen-bond acceptors (Lipinski definition) is 5. The average molecular weight is 448 g/mol. The molecule has 32 heavy (non-hydrogen) atoms. The van der Waals surface area contributed by atoms with E-state index in [0.29, 0.717) is 29.8 Å². The first kappa shape index (κ1) is 21.8. The highest BCUT2D eigenvalue weighted by atomic mass is 32.2. The summed E-state index contributed by atoms with van der Waals surface area (Å²) in [6.07, 6.45) is 0. The molecule has 0 fully saturated rings. The van der Waals surface area contributed by atoms with Gasteiger partial charge in [-0.2, -0.15) is 0 Å². The predicted octanol–water partition coefficient (Wildman–Crippen LogP) is 5.83. The Morgan fingerprint density at radius 1 is 1.00 bits per heavy atom. The van der Waals surface area contributed by atoms with Crippen molar-refractivity contribution in [3.8, 4) is 11.5 Å². The van der Waals surface area contributed by atoms with Crippen LogP contribution in [0.4, 0.5) is 5.69 Å². The van der Waals surface area contributed by atoms with Crippen LogP contribution in [0, 0.1) is 0 Å². The van der Waals surface area contributed by atoms with Crippen molar-refractivity contribution < 1.29 is 14.3 Å². The van der Waals surface area contributed by atoms with E-state index in [0.717, 1.165) is 22.3 Å². The van der Waals surface area contributed by atoms with E-state index in [4.69, 9.17) is 9.47 Å². The maximum Gasteiger partial charge on any atom is 0.242 e. The van der Waals surface area contributed by atoms with Crippen molar-refractivity contribution in [1.29, 1.82) is 0 Å². The normalized spacial score (nSPS) is 11.8. The summed E-state index contributed by atoms with van der Waals surface area (Å²) < 4.78 is 11.2. The SMILES string of the molecule is CCOc1ccc2nc(S[C@@H](C(=O)Nc3ccccc3OCC)c3ccccc3)[nH]c2c1. The van der Waals surface area contributed by atoms with Gasteiger partial charge in [0.2, 0.25) is 5.91 Å². The van der Waals surface area contributed by atoms with E-state index >= 15 is 0 Å². The van der Waals surface area contributed by atoms with E-state index in [-0.39, 0.29) is 5.91 Å². The van der Waals surface area contributed by atoms with Crippen molar-refractivity contribution in [2.75, 3.05) is 18.5 Å². The van der Waals surface area contributed by atoms with Crippen LogP contribution in [0.5, 0.6) is 11.5 Å². The number of para-hydroxylation sites is 2. The molecule has 164 valence electrons. The smallest absolute Gasteiger partial charge is 0.242 e. The Labute approximate surface area is 191 Å². The fourth-order valence-corrected chi connectivity index (χ4v) is 4.34. The molecule has 0 aliphatic heterocycles. The molecule has 1 aromatic heterocycles. The van der Waals surface area contributed by atoms with Crippen LogP contribution in [0.1, 0.15) is 24.7 Å². The number of thioether (sulfide) groups is 1. The van der Waals surface area contributed by atoms with Crippen LogP contribution in [0.15, 0.2) is 78.0 Å². The third kappa shape index (κ3) is 5.06. The van der Waals surface area contributed by atoms with E-state index in [1.807, 2.05) is 86.6 Å². The number of fused-ring (bicyclic) bond motifs is 1. The Kier molecular flexibility index (Phi) is 6.97. The molecule has 0 aliphatic rings. The first-order valence-electron chi connectivity index (χ1n) is 10.5. The summed E-state index contributed by atoms with van der Waals surface area (Å²) in [7, 11) is 0. The zero-order valence-corrected chi connectivity index (χ0v) is 18.8. The second-order valence-corrected chi connectivity index (χ2v) is 8.07.